The first-order chi connectivity index (χ1) is 12.2. The predicted molar refractivity (Wildman–Crippen MR) is 84.8 cm³/mol. The first kappa shape index (κ1) is 18.1. The van der Waals surface area contributed by atoms with E-state index in [1.54, 1.807) is 6.92 Å². The van der Waals surface area contributed by atoms with Crippen LogP contribution in [-0.2, 0) is 6.18 Å². The van der Waals surface area contributed by atoms with Crippen molar-refractivity contribution >= 4 is 11.8 Å². The quantitative estimate of drug-likeness (QED) is 0.787. The predicted octanol–water partition coefficient (Wildman–Crippen LogP) is 4.90. The van der Waals surface area contributed by atoms with Crippen molar-refractivity contribution in [3.8, 4) is 0 Å². The van der Waals surface area contributed by atoms with Gasteiger partial charge in [0.15, 0.2) is 5.78 Å². The Labute approximate surface area is 146 Å². The smallest absolute Gasteiger partial charge is 0.416 e. The van der Waals surface area contributed by atoms with Gasteiger partial charge in [0.1, 0.15) is 5.82 Å². The number of carboxylic acid groups (broad SMARTS) is 1. The fourth-order valence-corrected chi connectivity index (χ4v) is 3.62. The van der Waals surface area contributed by atoms with Crippen LogP contribution in [0.2, 0.25) is 0 Å². The summed E-state index contributed by atoms with van der Waals surface area (Å²) in [7, 11) is 0. The van der Waals surface area contributed by atoms with Crippen LogP contribution in [0.5, 0.6) is 0 Å². The van der Waals surface area contributed by atoms with Crippen LogP contribution in [-0.4, -0.2) is 16.9 Å². The number of hydrogen-bond acceptors (Lipinski definition) is 2. The van der Waals surface area contributed by atoms with E-state index in [9.17, 15) is 27.2 Å². The third kappa shape index (κ3) is 2.77. The number of benzene rings is 2. The number of aromatic carboxylic acids is 1. The van der Waals surface area contributed by atoms with Crippen LogP contribution in [0.25, 0.3) is 0 Å². The van der Waals surface area contributed by atoms with Crippen molar-refractivity contribution in [3.05, 3.63) is 70.0 Å². The Kier molecular flexibility index (Phi) is 4.34. The van der Waals surface area contributed by atoms with Gasteiger partial charge in [0.25, 0.3) is 0 Å². The zero-order chi connectivity index (χ0) is 19.2. The Bertz CT molecular complexity index is 902. The molecule has 0 heterocycles. The normalized spacial score (nSPS) is 19.5. The summed E-state index contributed by atoms with van der Waals surface area (Å²) in [6.45, 7) is 1.66. The summed E-state index contributed by atoms with van der Waals surface area (Å²) in [6.07, 6.45) is -4.38. The number of alkyl halides is 3. The van der Waals surface area contributed by atoms with E-state index in [1.165, 1.54) is 18.2 Å². The van der Waals surface area contributed by atoms with Crippen molar-refractivity contribution in [2.45, 2.75) is 25.4 Å². The molecule has 0 aliphatic heterocycles. The maximum atomic E-state index is 14.0. The van der Waals surface area contributed by atoms with Gasteiger partial charge in [-0.2, -0.15) is 13.2 Å². The molecule has 3 rings (SSSR count). The lowest BCUT2D eigenvalue weighted by atomic mass is 9.81. The van der Waals surface area contributed by atoms with E-state index < -0.39 is 46.7 Å². The van der Waals surface area contributed by atoms with Crippen LogP contribution in [0, 0.1) is 11.7 Å². The molecule has 2 unspecified atom stereocenters. The number of fused-ring (bicyclic) bond motifs is 1. The van der Waals surface area contributed by atoms with Crippen LogP contribution in [0.3, 0.4) is 0 Å². The molecule has 0 spiro atoms. The molecule has 1 N–H and O–H groups in total. The Hall–Kier alpha value is -2.70. The number of rotatable bonds is 3. The van der Waals surface area contributed by atoms with Gasteiger partial charge in [0, 0.05) is 17.4 Å². The summed E-state index contributed by atoms with van der Waals surface area (Å²) in [6, 6.07) is 6.69. The number of Topliss-reactive ketones (excluding diaryl/α,β-unsaturated/α-hetero) is 1. The van der Waals surface area contributed by atoms with Crippen LogP contribution in [0.1, 0.15) is 56.7 Å². The van der Waals surface area contributed by atoms with E-state index in [1.807, 2.05) is 0 Å². The molecule has 1 aliphatic rings. The average Bonchev–Trinajstić information content (AvgIpc) is 2.84. The van der Waals surface area contributed by atoms with E-state index in [4.69, 9.17) is 5.11 Å². The minimum absolute atomic E-state index is 0.0543. The summed E-state index contributed by atoms with van der Waals surface area (Å²) < 4.78 is 54.3. The number of carbonyl (C=O) groups is 2. The highest BCUT2D eigenvalue weighted by molar-refractivity contribution is 6.05. The molecule has 0 aromatic heterocycles. The first-order valence-corrected chi connectivity index (χ1v) is 7.93. The third-order valence-corrected chi connectivity index (χ3v) is 4.75. The van der Waals surface area contributed by atoms with Gasteiger partial charge in [0.05, 0.1) is 11.1 Å². The monoisotopic (exact) mass is 366 g/mol. The molecule has 0 bridgehead atoms. The maximum absolute atomic E-state index is 14.0. The summed E-state index contributed by atoms with van der Waals surface area (Å²) in [5, 5.41) is 9.12. The van der Waals surface area contributed by atoms with Crippen molar-refractivity contribution in [1.82, 2.24) is 0 Å². The highest BCUT2D eigenvalue weighted by atomic mass is 19.4. The second-order valence-electron chi connectivity index (χ2n) is 6.17. The highest BCUT2D eigenvalue weighted by Crippen LogP contribution is 2.48. The van der Waals surface area contributed by atoms with Gasteiger partial charge < -0.3 is 5.11 Å². The molecule has 136 valence electrons. The van der Waals surface area contributed by atoms with E-state index in [0.717, 1.165) is 18.2 Å². The topological polar surface area (TPSA) is 54.4 Å². The van der Waals surface area contributed by atoms with E-state index in [-0.39, 0.29) is 23.1 Å². The van der Waals surface area contributed by atoms with Crippen molar-refractivity contribution in [2.24, 2.45) is 5.92 Å². The Balaban J connectivity index is 2.29. The van der Waals surface area contributed by atoms with Gasteiger partial charge in [-0.05, 0) is 35.7 Å². The van der Waals surface area contributed by atoms with Gasteiger partial charge in [-0.1, -0.05) is 25.1 Å². The number of halogens is 4. The Morgan fingerprint density at radius 2 is 1.81 bits per heavy atom. The molecule has 0 radical (unpaired) electrons. The molecule has 0 amide bonds. The number of carbonyl (C=O) groups excluding carboxylic acids is 1. The molecule has 3 nitrogen and oxygen atoms in total. The zero-order valence-corrected chi connectivity index (χ0v) is 13.6. The molecular formula is C19H14F4O3. The molecule has 0 fully saturated rings. The lowest BCUT2D eigenvalue weighted by molar-refractivity contribution is -0.138. The van der Waals surface area contributed by atoms with Crippen molar-refractivity contribution in [1.29, 1.82) is 0 Å². The van der Waals surface area contributed by atoms with E-state index >= 15 is 0 Å². The fourth-order valence-electron chi connectivity index (χ4n) is 3.62. The summed E-state index contributed by atoms with van der Waals surface area (Å²) >= 11 is 0. The minimum atomic E-state index is -4.63. The molecular weight excluding hydrogens is 352 g/mol. The maximum Gasteiger partial charge on any atom is 0.416 e. The Morgan fingerprint density at radius 3 is 2.38 bits per heavy atom. The van der Waals surface area contributed by atoms with Gasteiger partial charge in [-0.15, -0.1) is 0 Å². The molecule has 2 aromatic carbocycles. The summed E-state index contributed by atoms with van der Waals surface area (Å²) in [4.78, 5) is 23.8. The van der Waals surface area contributed by atoms with Crippen molar-refractivity contribution in [3.63, 3.8) is 0 Å². The second kappa shape index (κ2) is 6.23. The fraction of sp³-hybridized carbons (Fsp3) is 0.263. The number of ketones is 1. The van der Waals surface area contributed by atoms with Gasteiger partial charge in [-0.25, -0.2) is 9.18 Å². The van der Waals surface area contributed by atoms with Crippen LogP contribution in [0.15, 0.2) is 36.4 Å². The molecule has 7 heteroatoms. The van der Waals surface area contributed by atoms with Crippen LogP contribution >= 0.6 is 0 Å². The molecule has 1 aliphatic carbocycles. The largest absolute Gasteiger partial charge is 0.478 e. The van der Waals surface area contributed by atoms with Gasteiger partial charge in [-0.3, -0.25) is 4.79 Å². The van der Waals surface area contributed by atoms with E-state index in [0.29, 0.717) is 0 Å². The summed E-state index contributed by atoms with van der Waals surface area (Å²) in [5.74, 6) is -4.87. The van der Waals surface area contributed by atoms with Gasteiger partial charge in [0.2, 0.25) is 0 Å². The summed E-state index contributed by atoms with van der Waals surface area (Å²) in [5.41, 5.74) is -1.59. The molecule has 2 atom stereocenters. The standard InChI is InChI=1S/C19H14F4O3/c1-2-9-16(10-5-3-4-6-14(10)19(21,22)23)11-7-13(18(25)26)15(20)8-12(11)17(9)24/h3-9,16H,2H2,1H3,(H,25,26). The van der Waals surface area contributed by atoms with Crippen LogP contribution in [0.4, 0.5) is 17.6 Å². The third-order valence-electron chi connectivity index (χ3n) is 4.75. The second-order valence-corrected chi connectivity index (χ2v) is 6.17. The minimum Gasteiger partial charge on any atom is -0.478 e. The molecule has 26 heavy (non-hydrogen) atoms. The molecule has 0 saturated heterocycles. The first-order valence-electron chi connectivity index (χ1n) is 7.93. The SMILES string of the molecule is CCC1C(=O)c2cc(F)c(C(=O)O)cc2C1c1ccccc1C(F)(F)F. The Morgan fingerprint density at radius 1 is 1.15 bits per heavy atom. The van der Waals surface area contributed by atoms with E-state index in [2.05, 4.69) is 0 Å². The average molecular weight is 366 g/mol. The lowest BCUT2D eigenvalue weighted by Crippen LogP contribution is -2.18. The highest BCUT2D eigenvalue weighted by Gasteiger charge is 2.44. The molecule has 2 aromatic rings. The van der Waals surface area contributed by atoms with Crippen LogP contribution < -0.4 is 0 Å². The zero-order valence-electron chi connectivity index (χ0n) is 13.6. The number of carboxylic acids is 1. The van der Waals surface area contributed by atoms with Crippen molar-refractivity contribution < 1.29 is 32.3 Å². The lowest BCUT2D eigenvalue weighted by Gasteiger charge is -2.23. The number of hydrogen-bond donors (Lipinski definition) is 1. The van der Waals surface area contributed by atoms with Gasteiger partial charge >= 0.3 is 12.1 Å². The van der Waals surface area contributed by atoms with Crippen molar-refractivity contribution in [2.75, 3.05) is 0 Å². The molecule has 0 saturated carbocycles.